The first-order valence-electron chi connectivity index (χ1n) is 9.70. The lowest BCUT2D eigenvalue weighted by molar-refractivity contribution is 0.575. The van der Waals surface area contributed by atoms with Crippen LogP contribution in [0.5, 0.6) is 0 Å². The molecule has 3 rings (SSSR count). The van der Waals surface area contributed by atoms with Gasteiger partial charge in [0.15, 0.2) is 0 Å². The zero-order chi connectivity index (χ0) is 16.6. The zero-order valence-corrected chi connectivity index (χ0v) is 15.0. The maximum atomic E-state index is 3.64. The zero-order valence-electron chi connectivity index (χ0n) is 15.0. The molecule has 0 fully saturated rings. The lowest BCUT2D eigenvalue weighted by Gasteiger charge is -2.06. The fraction of sp³-hybridized carbons (Fsp3) is 0.417. The predicted molar refractivity (Wildman–Crippen MR) is 107 cm³/mol. The molecule has 0 saturated heterocycles. The largest absolute Gasteiger partial charge is 0.0654 e. The molecule has 0 aliphatic carbocycles. The van der Waals surface area contributed by atoms with Crippen molar-refractivity contribution in [3.8, 4) is 0 Å². The van der Waals surface area contributed by atoms with Gasteiger partial charge in [0.1, 0.15) is 0 Å². The van der Waals surface area contributed by atoms with Crippen molar-refractivity contribution in [2.24, 2.45) is 0 Å². The van der Waals surface area contributed by atoms with Crippen molar-refractivity contribution < 1.29 is 0 Å². The second kappa shape index (κ2) is 8.87. The molecule has 3 aromatic rings. The molecule has 0 amide bonds. The van der Waals surface area contributed by atoms with Gasteiger partial charge in [0.05, 0.1) is 0 Å². The van der Waals surface area contributed by atoms with E-state index >= 15 is 0 Å². The van der Waals surface area contributed by atoms with E-state index < -0.39 is 0 Å². The van der Waals surface area contributed by atoms with Crippen LogP contribution in [0.25, 0.3) is 21.5 Å². The molecule has 0 aromatic heterocycles. The lowest BCUT2D eigenvalue weighted by atomic mass is 9.99. The molecule has 0 aliphatic heterocycles. The topological polar surface area (TPSA) is 0 Å². The van der Waals surface area contributed by atoms with Crippen molar-refractivity contribution in [3.63, 3.8) is 0 Å². The van der Waals surface area contributed by atoms with Crippen molar-refractivity contribution in [2.45, 2.75) is 64.7 Å². The SMILES string of the molecule is CCCCCCCCCCc1[c]c2cc3ccccc3cc2cc1. The summed E-state index contributed by atoms with van der Waals surface area (Å²) < 4.78 is 0. The first-order chi connectivity index (χ1) is 11.9. The van der Waals surface area contributed by atoms with Gasteiger partial charge in [-0.3, -0.25) is 0 Å². The number of aryl methyl sites for hydroxylation is 1. The van der Waals surface area contributed by atoms with Gasteiger partial charge in [-0.1, -0.05) is 88.3 Å². The highest BCUT2D eigenvalue weighted by Crippen LogP contribution is 2.24. The molecule has 0 nitrogen and oxygen atoms in total. The number of benzene rings is 3. The maximum absolute atomic E-state index is 3.64. The summed E-state index contributed by atoms with van der Waals surface area (Å²) in [6.07, 6.45) is 12.2. The van der Waals surface area contributed by atoms with Gasteiger partial charge in [0.25, 0.3) is 0 Å². The number of rotatable bonds is 9. The highest BCUT2D eigenvalue weighted by Gasteiger charge is 2.01. The van der Waals surface area contributed by atoms with Crippen molar-refractivity contribution in [3.05, 3.63) is 60.2 Å². The molecular weight excluding hydrogens is 288 g/mol. The van der Waals surface area contributed by atoms with E-state index in [1.807, 2.05) is 0 Å². The summed E-state index contributed by atoms with van der Waals surface area (Å²) in [7, 11) is 0. The molecule has 0 aliphatic rings. The summed E-state index contributed by atoms with van der Waals surface area (Å²) in [5.74, 6) is 0. The van der Waals surface area contributed by atoms with E-state index in [0.717, 1.165) is 6.42 Å². The predicted octanol–water partition coefficient (Wildman–Crippen LogP) is 7.48. The van der Waals surface area contributed by atoms with Crippen molar-refractivity contribution >= 4 is 21.5 Å². The van der Waals surface area contributed by atoms with Crippen LogP contribution in [0, 0.1) is 6.07 Å². The Morgan fingerprint density at radius 3 is 2.08 bits per heavy atom. The fourth-order valence-corrected chi connectivity index (χ4v) is 3.50. The van der Waals surface area contributed by atoms with Crippen LogP contribution < -0.4 is 0 Å². The van der Waals surface area contributed by atoms with E-state index in [4.69, 9.17) is 0 Å². The van der Waals surface area contributed by atoms with Crippen molar-refractivity contribution in [2.75, 3.05) is 0 Å². The van der Waals surface area contributed by atoms with Crippen LogP contribution in [-0.4, -0.2) is 0 Å². The van der Waals surface area contributed by atoms with Crippen LogP contribution in [0.1, 0.15) is 63.9 Å². The average molecular weight is 317 g/mol. The Kier molecular flexibility index (Phi) is 6.29. The first kappa shape index (κ1) is 17.0. The van der Waals surface area contributed by atoms with Crippen molar-refractivity contribution in [1.82, 2.24) is 0 Å². The third kappa shape index (κ3) is 4.60. The van der Waals surface area contributed by atoms with E-state index in [9.17, 15) is 0 Å². The Morgan fingerprint density at radius 1 is 0.667 bits per heavy atom. The molecule has 24 heavy (non-hydrogen) atoms. The highest BCUT2D eigenvalue weighted by molar-refractivity contribution is 5.98. The molecule has 1 radical (unpaired) electrons. The minimum atomic E-state index is 1.16. The second-order valence-electron chi connectivity index (χ2n) is 7.00. The van der Waals surface area contributed by atoms with Gasteiger partial charge in [-0.05, 0) is 58.1 Å². The Balaban J connectivity index is 1.53. The smallest absolute Gasteiger partial charge is 0.00641 e. The summed E-state index contributed by atoms with van der Waals surface area (Å²) in [5.41, 5.74) is 1.36. The van der Waals surface area contributed by atoms with E-state index in [0.29, 0.717) is 0 Å². The van der Waals surface area contributed by atoms with Gasteiger partial charge in [-0.2, -0.15) is 0 Å². The molecule has 125 valence electrons. The summed E-state index contributed by atoms with van der Waals surface area (Å²) in [5, 5.41) is 5.18. The van der Waals surface area contributed by atoms with Crippen LogP contribution in [0.3, 0.4) is 0 Å². The Bertz CT molecular complexity index is 769. The van der Waals surface area contributed by atoms with E-state index in [-0.39, 0.29) is 0 Å². The molecule has 0 heteroatoms. The van der Waals surface area contributed by atoms with Crippen LogP contribution in [0.4, 0.5) is 0 Å². The van der Waals surface area contributed by atoms with Crippen LogP contribution in [-0.2, 0) is 6.42 Å². The Morgan fingerprint density at radius 2 is 1.33 bits per heavy atom. The van der Waals surface area contributed by atoms with Gasteiger partial charge < -0.3 is 0 Å². The monoisotopic (exact) mass is 317 g/mol. The van der Waals surface area contributed by atoms with E-state index in [2.05, 4.69) is 61.5 Å². The molecule has 0 saturated carbocycles. The second-order valence-corrected chi connectivity index (χ2v) is 7.00. The average Bonchev–Trinajstić information content (AvgIpc) is 2.62. The standard InChI is InChI=1S/C24H29/c1-2-3-4-5-6-7-8-9-12-20-15-16-23-18-21-13-10-11-14-22(21)19-24(23)17-20/h10-11,13-16,18-19H,2-9,12H2,1H3. The van der Waals surface area contributed by atoms with Crippen molar-refractivity contribution in [1.29, 1.82) is 0 Å². The molecule has 0 unspecified atom stereocenters. The van der Waals surface area contributed by atoms with Gasteiger partial charge in [0, 0.05) is 0 Å². The van der Waals surface area contributed by atoms with E-state index in [1.54, 1.807) is 0 Å². The number of unbranched alkanes of at least 4 members (excludes halogenated alkanes) is 7. The minimum absolute atomic E-state index is 1.16. The molecule has 0 atom stereocenters. The Labute approximate surface area is 146 Å². The normalized spacial score (nSPS) is 11.4. The number of hydrogen-bond acceptors (Lipinski definition) is 0. The quantitative estimate of drug-likeness (QED) is 0.283. The van der Waals surface area contributed by atoms with Crippen LogP contribution >= 0.6 is 0 Å². The maximum Gasteiger partial charge on any atom is -0.00641 e. The van der Waals surface area contributed by atoms with Crippen LogP contribution in [0.15, 0.2) is 48.5 Å². The summed E-state index contributed by atoms with van der Waals surface area (Å²) in [4.78, 5) is 0. The summed E-state index contributed by atoms with van der Waals surface area (Å²) in [6, 6.07) is 21.3. The molecule has 0 bridgehead atoms. The highest BCUT2D eigenvalue weighted by atomic mass is 14.1. The fourth-order valence-electron chi connectivity index (χ4n) is 3.50. The van der Waals surface area contributed by atoms with Gasteiger partial charge >= 0.3 is 0 Å². The summed E-state index contributed by atoms with van der Waals surface area (Å²) in [6.45, 7) is 2.28. The molecule has 3 aromatic carbocycles. The third-order valence-corrected chi connectivity index (χ3v) is 4.98. The number of hydrogen-bond donors (Lipinski definition) is 0. The van der Waals surface area contributed by atoms with Gasteiger partial charge in [0.2, 0.25) is 0 Å². The lowest BCUT2D eigenvalue weighted by Crippen LogP contribution is -1.88. The van der Waals surface area contributed by atoms with Crippen LogP contribution in [0.2, 0.25) is 0 Å². The third-order valence-electron chi connectivity index (χ3n) is 4.98. The molecule has 0 N–H and O–H groups in total. The summed E-state index contributed by atoms with van der Waals surface area (Å²) >= 11 is 0. The molecular formula is C24H29. The minimum Gasteiger partial charge on any atom is -0.0654 e. The molecule has 0 spiro atoms. The number of fused-ring (bicyclic) bond motifs is 2. The first-order valence-corrected chi connectivity index (χ1v) is 9.70. The van der Waals surface area contributed by atoms with Gasteiger partial charge in [-0.15, -0.1) is 0 Å². The van der Waals surface area contributed by atoms with E-state index in [1.165, 1.54) is 78.5 Å². The molecule has 0 heterocycles. The van der Waals surface area contributed by atoms with Gasteiger partial charge in [-0.25, -0.2) is 0 Å². The Hall–Kier alpha value is -1.82.